The number of fused-ring (bicyclic) bond motifs is 3. The fourth-order valence-corrected chi connectivity index (χ4v) is 6.36. The van der Waals surface area contributed by atoms with Gasteiger partial charge in [0.05, 0.1) is 29.9 Å². The van der Waals surface area contributed by atoms with Crippen molar-refractivity contribution < 1.29 is 12.8 Å². The Hall–Kier alpha value is -3.51. The maximum absolute atomic E-state index is 14.2. The highest BCUT2D eigenvalue weighted by atomic mass is 32.2. The number of sulfonamides is 1. The zero-order chi connectivity index (χ0) is 26.7. The minimum atomic E-state index is -3.97. The van der Waals surface area contributed by atoms with Crippen LogP contribution in [0.2, 0.25) is 0 Å². The lowest BCUT2D eigenvalue weighted by atomic mass is 10.00. The van der Waals surface area contributed by atoms with Crippen molar-refractivity contribution in [2.24, 2.45) is 7.05 Å². The summed E-state index contributed by atoms with van der Waals surface area (Å²) in [7, 11) is -2.28. The number of tetrazole rings is 1. The molecule has 4 aromatic rings. The first kappa shape index (κ1) is 24.8. The molecule has 12 heteroatoms. The van der Waals surface area contributed by atoms with Crippen molar-refractivity contribution in [2.45, 2.75) is 62.1 Å². The molecule has 0 saturated heterocycles. The molecule has 38 heavy (non-hydrogen) atoms. The van der Waals surface area contributed by atoms with Crippen molar-refractivity contribution in [2.75, 3.05) is 11.9 Å². The zero-order valence-corrected chi connectivity index (χ0v) is 22.3. The van der Waals surface area contributed by atoms with E-state index in [1.165, 1.54) is 18.6 Å². The number of anilines is 1. The van der Waals surface area contributed by atoms with Crippen LogP contribution in [0.15, 0.2) is 41.6 Å². The van der Waals surface area contributed by atoms with Crippen LogP contribution in [0.25, 0.3) is 22.3 Å². The van der Waals surface area contributed by atoms with Crippen LogP contribution in [0, 0.1) is 0 Å². The van der Waals surface area contributed by atoms with E-state index in [4.69, 9.17) is 0 Å². The van der Waals surface area contributed by atoms with Crippen molar-refractivity contribution in [1.29, 1.82) is 0 Å². The molecular formula is C26H29FN8O2S. The van der Waals surface area contributed by atoms with Gasteiger partial charge in [-0.3, -0.25) is 9.97 Å². The van der Waals surface area contributed by atoms with E-state index in [0.717, 1.165) is 53.6 Å². The number of rotatable bonds is 8. The number of aromatic nitrogens is 6. The Morgan fingerprint density at radius 1 is 1.11 bits per heavy atom. The van der Waals surface area contributed by atoms with Gasteiger partial charge < -0.3 is 5.32 Å². The molecule has 1 atom stereocenters. The average molecular weight is 537 g/mol. The fraction of sp³-hybridized carbons (Fsp3) is 0.423. The Kier molecular flexibility index (Phi) is 5.91. The summed E-state index contributed by atoms with van der Waals surface area (Å²) >= 11 is 0. The molecule has 198 valence electrons. The summed E-state index contributed by atoms with van der Waals surface area (Å²) in [5.74, 6) is 0.816. The molecule has 0 amide bonds. The second-order valence-electron chi connectivity index (χ2n) is 10.7. The van der Waals surface area contributed by atoms with Gasteiger partial charge in [0.1, 0.15) is 11.4 Å². The number of hydrogen-bond acceptors (Lipinski definition) is 8. The van der Waals surface area contributed by atoms with Crippen molar-refractivity contribution in [3.05, 3.63) is 53.5 Å². The lowest BCUT2D eigenvalue weighted by Crippen LogP contribution is -2.35. The largest absolute Gasteiger partial charge is 0.377 e. The second kappa shape index (κ2) is 9.05. The molecular weight excluding hydrogens is 507 g/mol. The Balaban J connectivity index is 1.36. The quantitative estimate of drug-likeness (QED) is 0.348. The van der Waals surface area contributed by atoms with Gasteiger partial charge in [0.15, 0.2) is 0 Å². The Morgan fingerprint density at radius 2 is 1.92 bits per heavy atom. The summed E-state index contributed by atoms with van der Waals surface area (Å²) in [4.78, 5) is 10.7. The maximum Gasteiger partial charge on any atom is 0.241 e. The Labute approximate surface area is 220 Å². The van der Waals surface area contributed by atoms with Crippen LogP contribution < -0.4 is 10.0 Å². The van der Waals surface area contributed by atoms with E-state index in [9.17, 15) is 12.8 Å². The number of hydrogen-bond donors (Lipinski definition) is 2. The van der Waals surface area contributed by atoms with Gasteiger partial charge in [-0.15, -0.1) is 10.2 Å². The van der Waals surface area contributed by atoms with E-state index in [-0.39, 0.29) is 17.5 Å². The van der Waals surface area contributed by atoms with Gasteiger partial charge in [-0.2, -0.15) is 4.80 Å². The smallest absolute Gasteiger partial charge is 0.241 e. The summed E-state index contributed by atoms with van der Waals surface area (Å²) in [5.41, 5.74) is 2.62. The molecule has 0 spiro atoms. The topological polar surface area (TPSA) is 128 Å². The molecule has 0 bridgehead atoms. The molecule has 1 aromatic carbocycles. The standard InChI is InChI=1S/C26H29FN8O2S/c1-26(2,27)14-30-38(36,37)24-11-18-17(20-13-29-23(10-19(20)24)15-4-5-15)7-9-21(18)31-16-6-8-22(28-12-16)25-32-34-35(3)33-25/h6,8,10-13,15,21,30-31H,4-5,7,9,14H2,1-3H3. The van der Waals surface area contributed by atoms with Crippen LogP contribution in [0.3, 0.4) is 0 Å². The third-order valence-corrected chi connectivity index (χ3v) is 8.46. The minimum Gasteiger partial charge on any atom is -0.377 e. The van der Waals surface area contributed by atoms with Gasteiger partial charge >= 0.3 is 0 Å². The van der Waals surface area contributed by atoms with Gasteiger partial charge in [-0.1, -0.05) is 0 Å². The molecule has 0 radical (unpaired) electrons. The summed E-state index contributed by atoms with van der Waals surface area (Å²) < 4.78 is 43.7. The number of alkyl halides is 1. The predicted octanol–water partition coefficient (Wildman–Crippen LogP) is 3.82. The van der Waals surface area contributed by atoms with Crippen molar-refractivity contribution in [1.82, 2.24) is 34.9 Å². The van der Waals surface area contributed by atoms with Gasteiger partial charge in [-0.25, -0.2) is 17.5 Å². The third kappa shape index (κ3) is 4.85. The highest BCUT2D eigenvalue weighted by Crippen LogP contribution is 2.44. The van der Waals surface area contributed by atoms with Crippen molar-refractivity contribution in [3.63, 3.8) is 0 Å². The first-order valence-corrected chi connectivity index (χ1v) is 14.2. The van der Waals surface area contributed by atoms with Crippen molar-refractivity contribution in [3.8, 4) is 11.5 Å². The molecule has 6 rings (SSSR count). The number of halogens is 1. The SMILES string of the molecule is Cn1nnc(-c2ccc(NC3CCc4c3cc(S(=O)(=O)NCC(C)(C)F)c3cc(C5CC5)ncc43)cn2)n1. The number of aryl methyl sites for hydroxylation is 2. The molecule has 1 saturated carbocycles. The van der Waals surface area contributed by atoms with Crippen LogP contribution in [0.1, 0.15) is 61.9 Å². The number of nitrogens with zero attached hydrogens (tertiary/aromatic N) is 6. The maximum atomic E-state index is 14.2. The lowest BCUT2D eigenvalue weighted by molar-refractivity contribution is 0.221. The summed E-state index contributed by atoms with van der Waals surface area (Å²) in [6.45, 7) is 2.39. The average Bonchev–Trinajstić information content (AvgIpc) is 3.52. The van der Waals surface area contributed by atoms with Gasteiger partial charge in [0, 0.05) is 35.1 Å². The van der Waals surface area contributed by atoms with E-state index in [2.05, 4.69) is 35.4 Å². The van der Waals surface area contributed by atoms with E-state index in [1.807, 2.05) is 24.4 Å². The molecule has 2 aliphatic rings. The summed E-state index contributed by atoms with van der Waals surface area (Å²) in [5, 5.41) is 17.0. The molecule has 1 fully saturated rings. The van der Waals surface area contributed by atoms with Crippen LogP contribution in [-0.2, 0) is 23.5 Å². The van der Waals surface area contributed by atoms with Gasteiger partial charge in [0.25, 0.3) is 0 Å². The van der Waals surface area contributed by atoms with Crippen LogP contribution in [0.5, 0.6) is 0 Å². The van der Waals surface area contributed by atoms with Crippen LogP contribution in [0.4, 0.5) is 10.1 Å². The first-order chi connectivity index (χ1) is 18.1. The highest BCUT2D eigenvalue weighted by molar-refractivity contribution is 7.89. The van der Waals surface area contributed by atoms with E-state index >= 15 is 0 Å². The number of nitrogens with one attached hydrogen (secondary N) is 2. The van der Waals surface area contributed by atoms with Crippen molar-refractivity contribution >= 4 is 26.5 Å². The van der Waals surface area contributed by atoms with Crippen LogP contribution >= 0.6 is 0 Å². The predicted molar refractivity (Wildman–Crippen MR) is 141 cm³/mol. The normalized spacial score (nSPS) is 17.6. The first-order valence-electron chi connectivity index (χ1n) is 12.7. The number of pyridine rings is 2. The summed E-state index contributed by atoms with van der Waals surface area (Å²) in [6, 6.07) is 7.25. The fourth-order valence-electron chi connectivity index (χ4n) is 4.93. The monoisotopic (exact) mass is 536 g/mol. The molecule has 2 N–H and O–H groups in total. The lowest BCUT2D eigenvalue weighted by Gasteiger charge is -2.20. The number of benzene rings is 1. The molecule has 3 heterocycles. The summed E-state index contributed by atoms with van der Waals surface area (Å²) in [6.07, 6.45) is 7.21. The molecule has 2 aliphatic carbocycles. The molecule has 0 aliphatic heterocycles. The molecule has 1 unspecified atom stereocenters. The minimum absolute atomic E-state index is 0.119. The van der Waals surface area contributed by atoms with Crippen LogP contribution in [-0.4, -0.2) is 50.8 Å². The van der Waals surface area contributed by atoms with E-state index in [1.54, 1.807) is 19.3 Å². The van der Waals surface area contributed by atoms with Gasteiger partial charge in [-0.05, 0) is 80.1 Å². The van der Waals surface area contributed by atoms with E-state index in [0.29, 0.717) is 22.8 Å². The Bertz CT molecular complexity index is 1630. The zero-order valence-electron chi connectivity index (χ0n) is 21.4. The highest BCUT2D eigenvalue weighted by Gasteiger charge is 2.32. The second-order valence-corrected chi connectivity index (χ2v) is 12.4. The van der Waals surface area contributed by atoms with Gasteiger partial charge in [0.2, 0.25) is 15.8 Å². The molecule has 10 nitrogen and oxygen atoms in total. The van der Waals surface area contributed by atoms with E-state index < -0.39 is 15.7 Å². The third-order valence-electron chi connectivity index (χ3n) is 7.02. The molecule has 3 aromatic heterocycles. The Morgan fingerprint density at radius 3 is 2.58 bits per heavy atom.